The van der Waals surface area contributed by atoms with Gasteiger partial charge < -0.3 is 4.57 Å². The van der Waals surface area contributed by atoms with Crippen LogP contribution >= 0.6 is 11.6 Å². The summed E-state index contributed by atoms with van der Waals surface area (Å²) in [4.78, 5) is 15.4. The molecule has 0 aliphatic rings. The van der Waals surface area contributed by atoms with Crippen molar-refractivity contribution >= 4 is 28.4 Å². The molecule has 0 saturated heterocycles. The van der Waals surface area contributed by atoms with Crippen LogP contribution in [0.15, 0.2) is 18.2 Å². The van der Waals surface area contributed by atoms with E-state index in [0.717, 1.165) is 16.9 Å². The van der Waals surface area contributed by atoms with Crippen LogP contribution in [0.4, 0.5) is 0 Å². The first-order valence-corrected chi connectivity index (χ1v) is 5.06. The molecule has 1 aromatic carbocycles. The van der Waals surface area contributed by atoms with E-state index in [4.69, 9.17) is 11.6 Å². The molecule has 3 nitrogen and oxygen atoms in total. The highest BCUT2D eigenvalue weighted by Crippen LogP contribution is 2.23. The zero-order chi connectivity index (χ0) is 11.0. The fourth-order valence-electron chi connectivity index (χ4n) is 1.61. The SMILES string of the molecule is CC(=O)Cc1nc2c(Cl)cccc2n1C. The maximum Gasteiger partial charge on any atom is 0.137 e. The van der Waals surface area contributed by atoms with Crippen LogP contribution in [0.1, 0.15) is 12.7 Å². The molecule has 0 bridgehead atoms. The van der Waals surface area contributed by atoms with Gasteiger partial charge in [-0.1, -0.05) is 17.7 Å². The van der Waals surface area contributed by atoms with E-state index in [-0.39, 0.29) is 5.78 Å². The van der Waals surface area contributed by atoms with E-state index >= 15 is 0 Å². The summed E-state index contributed by atoms with van der Waals surface area (Å²) >= 11 is 6.02. The molecule has 0 amide bonds. The summed E-state index contributed by atoms with van der Waals surface area (Å²) in [5.74, 6) is 0.857. The number of hydrogen-bond acceptors (Lipinski definition) is 2. The lowest BCUT2D eigenvalue weighted by Gasteiger charge is -1.98. The Morgan fingerprint density at radius 2 is 2.27 bits per heavy atom. The maximum atomic E-state index is 11.0. The first kappa shape index (κ1) is 10.2. The number of fused-ring (bicyclic) bond motifs is 1. The van der Waals surface area contributed by atoms with Gasteiger partial charge in [0.1, 0.15) is 17.1 Å². The van der Waals surface area contributed by atoms with Gasteiger partial charge in [-0.05, 0) is 19.1 Å². The van der Waals surface area contributed by atoms with Gasteiger partial charge in [-0.2, -0.15) is 0 Å². The number of carbonyl (C=O) groups excluding carboxylic acids is 1. The van der Waals surface area contributed by atoms with Crippen molar-refractivity contribution in [1.29, 1.82) is 0 Å². The normalized spacial score (nSPS) is 10.9. The molecule has 0 unspecified atom stereocenters. The van der Waals surface area contributed by atoms with Gasteiger partial charge in [0.15, 0.2) is 0 Å². The molecule has 0 aliphatic heterocycles. The zero-order valence-electron chi connectivity index (χ0n) is 8.62. The topological polar surface area (TPSA) is 34.9 Å². The highest BCUT2D eigenvalue weighted by molar-refractivity contribution is 6.34. The van der Waals surface area contributed by atoms with Crippen LogP contribution in [0, 0.1) is 0 Å². The molecular formula is C11H11ClN2O. The molecule has 78 valence electrons. The van der Waals surface area contributed by atoms with Gasteiger partial charge in [-0.25, -0.2) is 4.98 Å². The van der Waals surface area contributed by atoms with Gasteiger partial charge in [-0.15, -0.1) is 0 Å². The molecule has 1 aromatic heterocycles. The first-order valence-electron chi connectivity index (χ1n) is 4.69. The fraction of sp³-hybridized carbons (Fsp3) is 0.273. The van der Waals surface area contributed by atoms with E-state index in [1.807, 2.05) is 23.7 Å². The Bertz CT molecular complexity index is 531. The number of Topliss-reactive ketones (excluding diaryl/α,β-unsaturated/α-hetero) is 1. The Labute approximate surface area is 92.7 Å². The molecule has 0 atom stereocenters. The second kappa shape index (κ2) is 3.66. The van der Waals surface area contributed by atoms with Crippen molar-refractivity contribution in [2.75, 3.05) is 0 Å². The molecule has 15 heavy (non-hydrogen) atoms. The number of aromatic nitrogens is 2. The third kappa shape index (κ3) is 1.75. The molecule has 0 saturated carbocycles. The minimum atomic E-state index is 0.101. The van der Waals surface area contributed by atoms with Crippen molar-refractivity contribution in [2.24, 2.45) is 7.05 Å². The van der Waals surface area contributed by atoms with Gasteiger partial charge in [0.05, 0.1) is 17.0 Å². The van der Waals surface area contributed by atoms with Crippen LogP contribution in [0.5, 0.6) is 0 Å². The number of benzene rings is 1. The number of hydrogen-bond donors (Lipinski definition) is 0. The molecule has 0 aliphatic carbocycles. The summed E-state index contributed by atoms with van der Waals surface area (Å²) in [7, 11) is 1.89. The summed E-state index contributed by atoms with van der Waals surface area (Å²) in [6.45, 7) is 1.56. The lowest BCUT2D eigenvalue weighted by atomic mass is 10.3. The summed E-state index contributed by atoms with van der Waals surface area (Å²) in [6, 6.07) is 5.62. The lowest BCUT2D eigenvalue weighted by molar-refractivity contribution is -0.116. The molecule has 0 N–H and O–H groups in total. The lowest BCUT2D eigenvalue weighted by Crippen LogP contribution is -2.03. The van der Waals surface area contributed by atoms with E-state index in [1.54, 1.807) is 13.0 Å². The maximum absolute atomic E-state index is 11.0. The minimum Gasteiger partial charge on any atom is -0.331 e. The second-order valence-corrected chi connectivity index (χ2v) is 3.98. The predicted octanol–water partition coefficient (Wildman–Crippen LogP) is 2.36. The Morgan fingerprint density at radius 1 is 1.53 bits per heavy atom. The molecule has 0 radical (unpaired) electrons. The summed E-state index contributed by atoms with van der Waals surface area (Å²) in [5.41, 5.74) is 1.72. The quantitative estimate of drug-likeness (QED) is 0.782. The first-order chi connectivity index (χ1) is 7.09. The van der Waals surface area contributed by atoms with E-state index in [1.165, 1.54) is 0 Å². The van der Waals surface area contributed by atoms with E-state index in [2.05, 4.69) is 4.98 Å². The Kier molecular flexibility index (Phi) is 2.49. The predicted molar refractivity (Wildman–Crippen MR) is 60.1 cm³/mol. The van der Waals surface area contributed by atoms with Crippen LogP contribution in [-0.4, -0.2) is 15.3 Å². The number of halogens is 1. The Hall–Kier alpha value is -1.35. The Morgan fingerprint density at radius 3 is 2.87 bits per heavy atom. The van der Waals surface area contributed by atoms with Gasteiger partial charge in [-0.3, -0.25) is 4.79 Å². The van der Waals surface area contributed by atoms with E-state index < -0.39 is 0 Å². The number of imidazole rings is 1. The summed E-state index contributed by atoms with van der Waals surface area (Å²) in [5, 5.41) is 0.623. The highest BCUT2D eigenvalue weighted by atomic mass is 35.5. The van der Waals surface area contributed by atoms with Crippen LogP contribution in [0.3, 0.4) is 0 Å². The smallest absolute Gasteiger partial charge is 0.137 e. The van der Waals surface area contributed by atoms with Crippen LogP contribution in [0.25, 0.3) is 11.0 Å². The average molecular weight is 223 g/mol. The van der Waals surface area contributed by atoms with E-state index in [9.17, 15) is 4.79 Å². The van der Waals surface area contributed by atoms with Crippen molar-refractivity contribution in [1.82, 2.24) is 9.55 Å². The fourth-order valence-corrected chi connectivity index (χ4v) is 1.82. The molecule has 0 spiro atoms. The highest BCUT2D eigenvalue weighted by Gasteiger charge is 2.10. The monoisotopic (exact) mass is 222 g/mol. The van der Waals surface area contributed by atoms with Crippen molar-refractivity contribution in [3.8, 4) is 0 Å². The molecular weight excluding hydrogens is 212 g/mol. The van der Waals surface area contributed by atoms with Crippen molar-refractivity contribution in [2.45, 2.75) is 13.3 Å². The largest absolute Gasteiger partial charge is 0.331 e. The molecule has 2 aromatic rings. The van der Waals surface area contributed by atoms with Crippen molar-refractivity contribution in [3.05, 3.63) is 29.0 Å². The number of ketones is 1. The number of nitrogens with zero attached hydrogens (tertiary/aromatic N) is 2. The average Bonchev–Trinajstić information content (AvgIpc) is 2.46. The number of carbonyl (C=O) groups is 1. The number of para-hydroxylation sites is 1. The van der Waals surface area contributed by atoms with Gasteiger partial charge in [0.2, 0.25) is 0 Å². The summed E-state index contributed by atoms with van der Waals surface area (Å²) in [6.07, 6.45) is 0.349. The number of rotatable bonds is 2. The van der Waals surface area contributed by atoms with Crippen LogP contribution in [0.2, 0.25) is 5.02 Å². The third-order valence-electron chi connectivity index (χ3n) is 2.36. The molecule has 4 heteroatoms. The third-order valence-corrected chi connectivity index (χ3v) is 2.67. The van der Waals surface area contributed by atoms with Crippen molar-refractivity contribution < 1.29 is 4.79 Å². The standard InChI is InChI=1S/C11H11ClN2O/c1-7(15)6-10-13-11-8(12)4-3-5-9(11)14(10)2/h3-5H,6H2,1-2H3. The zero-order valence-corrected chi connectivity index (χ0v) is 9.38. The molecule has 2 rings (SSSR count). The van der Waals surface area contributed by atoms with E-state index in [0.29, 0.717) is 11.4 Å². The summed E-state index contributed by atoms with van der Waals surface area (Å²) < 4.78 is 1.91. The molecule has 1 heterocycles. The van der Waals surface area contributed by atoms with Gasteiger partial charge >= 0.3 is 0 Å². The van der Waals surface area contributed by atoms with Gasteiger partial charge in [0, 0.05) is 7.05 Å². The van der Waals surface area contributed by atoms with Crippen LogP contribution < -0.4 is 0 Å². The Balaban J connectivity index is 2.64. The van der Waals surface area contributed by atoms with Crippen LogP contribution in [-0.2, 0) is 18.3 Å². The number of aryl methyl sites for hydroxylation is 1. The van der Waals surface area contributed by atoms with Crippen molar-refractivity contribution in [3.63, 3.8) is 0 Å². The molecule has 0 fully saturated rings. The second-order valence-electron chi connectivity index (χ2n) is 3.57. The van der Waals surface area contributed by atoms with Gasteiger partial charge in [0.25, 0.3) is 0 Å². The minimum absolute atomic E-state index is 0.101.